The maximum absolute atomic E-state index is 13.2. The number of aliphatic hydroxyl groups excluding tert-OH is 2. The van der Waals surface area contributed by atoms with E-state index in [-0.39, 0.29) is 30.8 Å². The normalized spacial score (nSPS) is 13.5. The summed E-state index contributed by atoms with van der Waals surface area (Å²) in [4.78, 5) is 0. The largest absolute Gasteiger partial charge is 0.396 e. The Bertz CT molecular complexity index is 626. The zero-order valence-corrected chi connectivity index (χ0v) is 15.1. The van der Waals surface area contributed by atoms with Gasteiger partial charge >= 0.3 is 0 Å². The first kappa shape index (κ1) is 20.5. The molecule has 0 fully saturated rings. The number of rotatable bonds is 11. The topological polar surface area (TPSA) is 40.5 Å². The monoisotopic (exact) mass is 362 g/mol. The fourth-order valence-corrected chi connectivity index (χ4v) is 3.54. The summed E-state index contributed by atoms with van der Waals surface area (Å²) < 4.78 is 26.3. The lowest BCUT2D eigenvalue weighted by molar-refractivity contribution is 0.203. The third-order valence-electron chi connectivity index (χ3n) is 4.97. The van der Waals surface area contributed by atoms with Crippen LogP contribution in [0.1, 0.15) is 36.8 Å². The molecule has 0 saturated carbocycles. The van der Waals surface area contributed by atoms with Gasteiger partial charge in [-0.3, -0.25) is 0 Å². The fraction of sp³-hybridized carbons (Fsp3) is 0.455. The van der Waals surface area contributed by atoms with Crippen LogP contribution in [0.25, 0.3) is 0 Å². The molecular formula is C22H28F2O2. The third kappa shape index (κ3) is 6.85. The molecule has 0 bridgehead atoms. The van der Waals surface area contributed by atoms with Gasteiger partial charge in [-0.15, -0.1) is 0 Å². The molecule has 0 aliphatic heterocycles. The highest BCUT2D eigenvalue weighted by molar-refractivity contribution is 5.19. The molecule has 0 heterocycles. The van der Waals surface area contributed by atoms with Crippen LogP contribution in [0, 0.1) is 23.5 Å². The number of halogens is 2. The second-order valence-corrected chi connectivity index (χ2v) is 6.91. The van der Waals surface area contributed by atoms with Crippen molar-refractivity contribution in [1.82, 2.24) is 0 Å². The maximum atomic E-state index is 13.2. The predicted molar refractivity (Wildman–Crippen MR) is 99.8 cm³/mol. The van der Waals surface area contributed by atoms with Crippen molar-refractivity contribution in [1.29, 1.82) is 0 Å². The van der Waals surface area contributed by atoms with Crippen LogP contribution >= 0.6 is 0 Å². The highest BCUT2D eigenvalue weighted by Crippen LogP contribution is 2.29. The van der Waals surface area contributed by atoms with Crippen LogP contribution in [0.3, 0.4) is 0 Å². The van der Waals surface area contributed by atoms with Gasteiger partial charge in [-0.2, -0.15) is 0 Å². The molecular weight excluding hydrogens is 334 g/mol. The first-order chi connectivity index (χ1) is 12.6. The Kier molecular flexibility index (Phi) is 8.72. The molecule has 2 N–H and O–H groups in total. The minimum absolute atomic E-state index is 0.103. The van der Waals surface area contributed by atoms with E-state index < -0.39 is 0 Å². The third-order valence-corrected chi connectivity index (χ3v) is 4.97. The van der Waals surface area contributed by atoms with Gasteiger partial charge in [-0.1, -0.05) is 30.7 Å². The average molecular weight is 362 g/mol. The van der Waals surface area contributed by atoms with Crippen LogP contribution in [0.15, 0.2) is 48.5 Å². The summed E-state index contributed by atoms with van der Waals surface area (Å²) in [6.45, 7) is 0.275. The maximum Gasteiger partial charge on any atom is 0.123 e. The highest BCUT2D eigenvalue weighted by Gasteiger charge is 2.22. The van der Waals surface area contributed by atoms with Gasteiger partial charge in [0.1, 0.15) is 11.6 Å². The molecule has 2 rings (SSSR count). The molecule has 0 aliphatic rings. The summed E-state index contributed by atoms with van der Waals surface area (Å²) in [5.41, 5.74) is 2.12. The molecule has 26 heavy (non-hydrogen) atoms. The Hall–Kier alpha value is -1.78. The van der Waals surface area contributed by atoms with Gasteiger partial charge in [0.25, 0.3) is 0 Å². The number of aliphatic hydroxyl groups is 2. The standard InChI is InChI=1S/C22H28F2O2/c23-21-8-4-17(5-9-21)15-19(3-1-2-13-25)20(12-14-26)16-18-6-10-22(24)11-7-18/h4-11,19-20,25-26H,1-3,12-16H2/t19-,20-/m0/s1. The molecule has 0 aliphatic carbocycles. The number of benzene rings is 2. The van der Waals surface area contributed by atoms with Crippen molar-refractivity contribution in [2.45, 2.75) is 38.5 Å². The summed E-state index contributed by atoms with van der Waals surface area (Å²) in [7, 11) is 0. The summed E-state index contributed by atoms with van der Waals surface area (Å²) in [5.74, 6) is 0.0560. The van der Waals surface area contributed by atoms with Crippen molar-refractivity contribution in [3.05, 3.63) is 71.3 Å². The van der Waals surface area contributed by atoms with Gasteiger partial charge in [0.2, 0.25) is 0 Å². The zero-order chi connectivity index (χ0) is 18.8. The molecule has 0 amide bonds. The van der Waals surface area contributed by atoms with Gasteiger partial charge in [0.15, 0.2) is 0 Å². The minimum Gasteiger partial charge on any atom is -0.396 e. The fourth-order valence-electron chi connectivity index (χ4n) is 3.54. The summed E-state index contributed by atoms with van der Waals surface area (Å²) in [6, 6.07) is 13.1. The van der Waals surface area contributed by atoms with E-state index in [9.17, 15) is 13.9 Å². The number of unbranched alkanes of at least 4 members (excludes halogenated alkanes) is 1. The van der Waals surface area contributed by atoms with Crippen molar-refractivity contribution in [3.63, 3.8) is 0 Å². The lowest BCUT2D eigenvalue weighted by atomic mass is 9.78. The van der Waals surface area contributed by atoms with Gasteiger partial charge in [0.05, 0.1) is 0 Å². The molecule has 142 valence electrons. The van der Waals surface area contributed by atoms with E-state index in [4.69, 9.17) is 5.11 Å². The number of hydrogen-bond donors (Lipinski definition) is 2. The molecule has 2 atom stereocenters. The average Bonchev–Trinajstić information content (AvgIpc) is 2.64. The molecule has 2 aromatic carbocycles. The summed E-state index contributed by atoms with van der Waals surface area (Å²) in [5, 5.41) is 18.6. The van der Waals surface area contributed by atoms with Gasteiger partial charge < -0.3 is 10.2 Å². The van der Waals surface area contributed by atoms with E-state index in [1.54, 1.807) is 12.1 Å². The lowest BCUT2D eigenvalue weighted by Crippen LogP contribution is -2.21. The van der Waals surface area contributed by atoms with Crippen molar-refractivity contribution in [2.24, 2.45) is 11.8 Å². The molecule has 0 radical (unpaired) electrons. The number of hydrogen-bond acceptors (Lipinski definition) is 2. The van der Waals surface area contributed by atoms with Crippen LogP contribution in [-0.4, -0.2) is 23.4 Å². The van der Waals surface area contributed by atoms with Crippen molar-refractivity contribution in [2.75, 3.05) is 13.2 Å². The van der Waals surface area contributed by atoms with Crippen LogP contribution in [0.2, 0.25) is 0 Å². The second-order valence-electron chi connectivity index (χ2n) is 6.91. The van der Waals surface area contributed by atoms with E-state index in [0.717, 1.165) is 43.2 Å². The Morgan fingerprint density at radius 3 is 1.50 bits per heavy atom. The SMILES string of the molecule is OCCCC[C@@H](Cc1ccc(F)cc1)[C@@H](CCO)Cc1ccc(F)cc1. The van der Waals surface area contributed by atoms with Gasteiger partial charge in [-0.05, 0) is 79.3 Å². The van der Waals surface area contributed by atoms with Crippen LogP contribution in [0.4, 0.5) is 8.78 Å². The van der Waals surface area contributed by atoms with Crippen LogP contribution < -0.4 is 0 Å². The first-order valence-corrected chi connectivity index (χ1v) is 9.33. The Morgan fingerprint density at radius 2 is 1.08 bits per heavy atom. The van der Waals surface area contributed by atoms with Crippen LogP contribution in [0.5, 0.6) is 0 Å². The van der Waals surface area contributed by atoms with E-state index in [1.165, 1.54) is 24.3 Å². The molecule has 0 spiro atoms. The predicted octanol–water partition coefficient (Wildman–Crippen LogP) is 4.53. The Labute approximate surface area is 154 Å². The molecule has 4 heteroatoms. The minimum atomic E-state index is -0.252. The van der Waals surface area contributed by atoms with E-state index in [0.29, 0.717) is 12.3 Å². The molecule has 0 saturated heterocycles. The summed E-state index contributed by atoms with van der Waals surface area (Å²) in [6.07, 6.45) is 4.84. The first-order valence-electron chi connectivity index (χ1n) is 9.33. The quantitative estimate of drug-likeness (QED) is 0.577. The molecule has 2 aromatic rings. The van der Waals surface area contributed by atoms with Crippen molar-refractivity contribution >= 4 is 0 Å². The highest BCUT2D eigenvalue weighted by atomic mass is 19.1. The molecule has 0 unspecified atom stereocenters. The van der Waals surface area contributed by atoms with E-state index in [1.807, 2.05) is 12.1 Å². The van der Waals surface area contributed by atoms with Crippen LogP contribution in [-0.2, 0) is 12.8 Å². The molecule has 0 aromatic heterocycles. The second kappa shape index (κ2) is 11.0. The van der Waals surface area contributed by atoms with E-state index in [2.05, 4.69) is 0 Å². The lowest BCUT2D eigenvalue weighted by Gasteiger charge is -2.27. The zero-order valence-electron chi connectivity index (χ0n) is 15.1. The smallest absolute Gasteiger partial charge is 0.123 e. The Morgan fingerprint density at radius 1 is 0.615 bits per heavy atom. The summed E-state index contributed by atoms with van der Waals surface area (Å²) >= 11 is 0. The Balaban J connectivity index is 2.13. The van der Waals surface area contributed by atoms with Crippen molar-refractivity contribution in [3.8, 4) is 0 Å². The van der Waals surface area contributed by atoms with Crippen molar-refractivity contribution < 1.29 is 19.0 Å². The van der Waals surface area contributed by atoms with E-state index >= 15 is 0 Å². The van der Waals surface area contributed by atoms with Gasteiger partial charge in [-0.25, -0.2) is 8.78 Å². The molecule has 2 nitrogen and oxygen atoms in total. The van der Waals surface area contributed by atoms with Gasteiger partial charge in [0, 0.05) is 13.2 Å².